The Morgan fingerprint density at radius 2 is 0.852 bits per heavy atom. The second-order valence-corrected chi connectivity index (χ2v) is 13.8. The highest BCUT2D eigenvalue weighted by Gasteiger charge is 2.17. The molecule has 10 rings (SSSR count). The quantitative estimate of drug-likeness (QED) is 0.166. The highest BCUT2D eigenvalue weighted by atomic mass is 16.3. The number of nitrogens with zero attached hydrogens (tertiary/aromatic N) is 1. The minimum Gasteiger partial charge on any atom is -0.456 e. The van der Waals surface area contributed by atoms with Crippen LogP contribution in [0.3, 0.4) is 0 Å². The minimum absolute atomic E-state index is 0.880. The Balaban J connectivity index is 1.04. The Bertz CT molecular complexity index is 2900. The van der Waals surface area contributed by atoms with Crippen LogP contribution in [0.4, 0.5) is 17.1 Å². The lowest BCUT2D eigenvalue weighted by Gasteiger charge is -2.27. The van der Waals surface area contributed by atoms with E-state index in [1.807, 2.05) is 18.2 Å². The molecule has 0 aliphatic carbocycles. The summed E-state index contributed by atoms with van der Waals surface area (Å²) >= 11 is 0. The fraction of sp³-hybridized carbons (Fsp3) is 0. The second kappa shape index (κ2) is 13.4. The number of benzene rings is 9. The molecular weight excluding hydrogens is 655 g/mol. The zero-order chi connectivity index (χ0) is 35.8. The molecule has 0 aliphatic rings. The molecule has 0 amide bonds. The molecule has 0 saturated heterocycles. The van der Waals surface area contributed by atoms with Crippen LogP contribution in [0, 0.1) is 0 Å². The molecule has 2 heteroatoms. The molecule has 0 unspecified atom stereocenters. The van der Waals surface area contributed by atoms with Gasteiger partial charge in [-0.3, -0.25) is 0 Å². The summed E-state index contributed by atoms with van der Waals surface area (Å²) in [6.45, 7) is 0. The van der Waals surface area contributed by atoms with Crippen LogP contribution in [0.5, 0.6) is 0 Å². The number of hydrogen-bond acceptors (Lipinski definition) is 2. The maximum absolute atomic E-state index is 6.20. The van der Waals surface area contributed by atoms with E-state index in [1.54, 1.807) is 0 Å². The van der Waals surface area contributed by atoms with E-state index in [-0.39, 0.29) is 0 Å². The number of furan rings is 1. The highest BCUT2D eigenvalue weighted by Crippen LogP contribution is 2.42. The summed E-state index contributed by atoms with van der Waals surface area (Å²) < 4.78 is 6.20. The van der Waals surface area contributed by atoms with Crippen LogP contribution in [-0.4, -0.2) is 0 Å². The Hall–Kier alpha value is -7.16. The lowest BCUT2D eigenvalue weighted by atomic mass is 9.98. The van der Waals surface area contributed by atoms with Crippen molar-refractivity contribution < 1.29 is 4.42 Å². The van der Waals surface area contributed by atoms with Gasteiger partial charge in [-0.05, 0) is 104 Å². The molecule has 0 bridgehead atoms. The summed E-state index contributed by atoms with van der Waals surface area (Å²) in [6, 6.07) is 76.0. The first kappa shape index (κ1) is 31.6. The molecule has 0 N–H and O–H groups in total. The lowest BCUT2D eigenvalue weighted by molar-refractivity contribution is 0.631. The molecule has 0 fully saturated rings. The first-order valence-corrected chi connectivity index (χ1v) is 18.4. The van der Waals surface area contributed by atoms with Crippen molar-refractivity contribution in [1.82, 2.24) is 0 Å². The maximum Gasteiger partial charge on any atom is 0.135 e. The maximum atomic E-state index is 6.20. The van der Waals surface area contributed by atoms with Gasteiger partial charge < -0.3 is 9.32 Å². The summed E-state index contributed by atoms with van der Waals surface area (Å²) in [6.07, 6.45) is 0. The average molecular weight is 690 g/mol. The van der Waals surface area contributed by atoms with Gasteiger partial charge in [0.25, 0.3) is 0 Å². The average Bonchev–Trinajstić information content (AvgIpc) is 3.69. The van der Waals surface area contributed by atoms with Gasteiger partial charge in [-0.15, -0.1) is 0 Å². The van der Waals surface area contributed by atoms with Gasteiger partial charge in [0.05, 0.1) is 5.69 Å². The third-order valence-electron chi connectivity index (χ3n) is 10.4. The van der Waals surface area contributed by atoms with Gasteiger partial charge in [0.2, 0.25) is 0 Å². The van der Waals surface area contributed by atoms with Crippen molar-refractivity contribution in [1.29, 1.82) is 0 Å². The first-order valence-electron chi connectivity index (χ1n) is 18.4. The van der Waals surface area contributed by atoms with Crippen molar-refractivity contribution in [3.63, 3.8) is 0 Å². The monoisotopic (exact) mass is 689 g/mol. The number of rotatable bonds is 7. The van der Waals surface area contributed by atoms with E-state index in [0.717, 1.165) is 44.9 Å². The Labute approximate surface area is 314 Å². The van der Waals surface area contributed by atoms with Crippen LogP contribution in [0.25, 0.3) is 77.2 Å². The fourth-order valence-corrected chi connectivity index (χ4v) is 7.67. The number of anilines is 3. The Morgan fingerprint density at radius 1 is 0.296 bits per heavy atom. The topological polar surface area (TPSA) is 16.4 Å². The largest absolute Gasteiger partial charge is 0.456 e. The predicted octanol–water partition coefficient (Wildman–Crippen LogP) is 14.9. The molecular formula is C52H35NO. The highest BCUT2D eigenvalue weighted by molar-refractivity contribution is 6.01. The van der Waals surface area contributed by atoms with Gasteiger partial charge in [-0.2, -0.15) is 0 Å². The van der Waals surface area contributed by atoms with Crippen LogP contribution >= 0.6 is 0 Å². The van der Waals surface area contributed by atoms with Gasteiger partial charge in [0.1, 0.15) is 11.3 Å². The summed E-state index contributed by atoms with van der Waals surface area (Å²) in [4.78, 5) is 2.40. The van der Waals surface area contributed by atoms with Crippen LogP contribution in [-0.2, 0) is 0 Å². The molecule has 1 aromatic heterocycles. The molecule has 0 saturated carbocycles. The standard InChI is InChI=1S/C52H35NO/c1-2-11-36(12-3-1)37-23-25-38(26-24-37)41-17-9-19-47(33-41)53(50-21-10-15-39-13-4-6-20-49(39)50)48-30-29-43-31-42(27-28-44(43)34-48)40-16-8-18-45(32-40)52-35-46-14-5-7-22-51(46)54-52/h1-35H. The summed E-state index contributed by atoms with van der Waals surface area (Å²) in [5.74, 6) is 0.880. The second-order valence-electron chi connectivity index (χ2n) is 13.8. The summed E-state index contributed by atoms with van der Waals surface area (Å²) in [7, 11) is 0. The van der Waals surface area contributed by atoms with Crippen LogP contribution in [0.15, 0.2) is 217 Å². The van der Waals surface area contributed by atoms with Crippen molar-refractivity contribution in [2.45, 2.75) is 0 Å². The molecule has 2 nitrogen and oxygen atoms in total. The molecule has 10 aromatic rings. The molecule has 0 spiro atoms. The van der Waals surface area contributed by atoms with E-state index in [0.29, 0.717) is 0 Å². The normalized spacial score (nSPS) is 11.3. The smallest absolute Gasteiger partial charge is 0.135 e. The van der Waals surface area contributed by atoms with E-state index >= 15 is 0 Å². The first-order chi connectivity index (χ1) is 26.7. The van der Waals surface area contributed by atoms with Crippen molar-refractivity contribution >= 4 is 49.6 Å². The molecule has 0 atom stereocenters. The van der Waals surface area contributed by atoms with Crippen LogP contribution < -0.4 is 4.90 Å². The summed E-state index contributed by atoms with van der Waals surface area (Å²) in [5.41, 5.74) is 12.5. The van der Waals surface area contributed by atoms with Gasteiger partial charge in [-0.1, -0.05) is 158 Å². The van der Waals surface area contributed by atoms with Crippen LogP contribution in [0.1, 0.15) is 0 Å². The molecule has 0 aliphatic heterocycles. The Morgan fingerprint density at radius 3 is 1.70 bits per heavy atom. The van der Waals surface area contributed by atoms with E-state index in [1.165, 1.54) is 49.4 Å². The molecule has 254 valence electrons. The SMILES string of the molecule is c1ccc(-c2ccc(-c3cccc(N(c4ccc5cc(-c6cccc(-c7cc8ccccc8o7)c6)ccc5c4)c4cccc5ccccc45)c3)cc2)cc1. The molecule has 9 aromatic carbocycles. The van der Waals surface area contributed by atoms with Gasteiger partial charge in [0, 0.05) is 27.7 Å². The van der Waals surface area contributed by atoms with Crippen molar-refractivity contribution in [2.24, 2.45) is 0 Å². The lowest BCUT2D eigenvalue weighted by Crippen LogP contribution is -2.10. The van der Waals surface area contributed by atoms with Crippen molar-refractivity contribution in [3.8, 4) is 44.7 Å². The van der Waals surface area contributed by atoms with Crippen molar-refractivity contribution in [3.05, 3.63) is 212 Å². The van der Waals surface area contributed by atoms with Crippen molar-refractivity contribution in [2.75, 3.05) is 4.90 Å². The minimum atomic E-state index is 0.880. The predicted molar refractivity (Wildman–Crippen MR) is 228 cm³/mol. The van der Waals surface area contributed by atoms with E-state index in [2.05, 4.69) is 199 Å². The molecule has 1 heterocycles. The third kappa shape index (κ3) is 5.90. The van der Waals surface area contributed by atoms with Gasteiger partial charge >= 0.3 is 0 Å². The number of hydrogen-bond donors (Lipinski definition) is 0. The van der Waals surface area contributed by atoms with E-state index < -0.39 is 0 Å². The van der Waals surface area contributed by atoms with E-state index in [4.69, 9.17) is 4.42 Å². The zero-order valence-electron chi connectivity index (χ0n) is 29.6. The summed E-state index contributed by atoms with van der Waals surface area (Å²) in [5, 5.41) is 5.90. The third-order valence-corrected chi connectivity index (χ3v) is 10.4. The molecule has 0 radical (unpaired) electrons. The number of para-hydroxylation sites is 1. The van der Waals surface area contributed by atoms with Gasteiger partial charge in [-0.25, -0.2) is 0 Å². The number of fused-ring (bicyclic) bond motifs is 3. The molecule has 54 heavy (non-hydrogen) atoms. The zero-order valence-corrected chi connectivity index (χ0v) is 29.6. The van der Waals surface area contributed by atoms with Gasteiger partial charge in [0.15, 0.2) is 0 Å². The Kier molecular flexibility index (Phi) is 7.85. The van der Waals surface area contributed by atoms with E-state index in [9.17, 15) is 0 Å². The fourth-order valence-electron chi connectivity index (χ4n) is 7.67. The van der Waals surface area contributed by atoms with Crippen LogP contribution in [0.2, 0.25) is 0 Å².